The fraction of sp³-hybridized carbons (Fsp3) is 0.714. The van der Waals surface area contributed by atoms with Crippen LogP contribution in [0.25, 0.3) is 0 Å². The molecule has 0 unspecified atom stereocenters. The van der Waals surface area contributed by atoms with Crippen LogP contribution in [0.1, 0.15) is 37.0 Å². The molecule has 0 aromatic carbocycles. The summed E-state index contributed by atoms with van der Waals surface area (Å²) in [6, 6.07) is 0. The van der Waals surface area contributed by atoms with Gasteiger partial charge in [0.05, 0.1) is 13.2 Å². The molecule has 1 aliphatic heterocycles. The van der Waals surface area contributed by atoms with Crippen molar-refractivity contribution in [3.8, 4) is 0 Å². The Hall–Kier alpha value is -1.76. The zero-order valence-corrected chi connectivity index (χ0v) is 12.9. The second-order valence-corrected chi connectivity index (χ2v) is 5.87. The van der Waals surface area contributed by atoms with Crippen molar-refractivity contribution >= 4 is 17.6 Å². The number of piperidine rings is 1. The number of anilines is 2. The summed E-state index contributed by atoms with van der Waals surface area (Å²) in [4.78, 5) is 14.0. The number of carbonyl (C=O) groups excluding carboxylic acids is 1. The number of ether oxygens (including phenoxy) is 1. The van der Waals surface area contributed by atoms with E-state index in [4.69, 9.17) is 10.5 Å². The first-order valence-electron chi connectivity index (χ1n) is 7.31. The monoisotopic (exact) mass is 296 g/mol. The van der Waals surface area contributed by atoms with Gasteiger partial charge in [-0.2, -0.15) is 5.10 Å². The Kier molecular flexibility index (Phi) is 4.72. The van der Waals surface area contributed by atoms with Crippen molar-refractivity contribution in [2.45, 2.75) is 39.3 Å². The molecule has 0 amide bonds. The highest BCUT2D eigenvalue weighted by Crippen LogP contribution is 2.29. The summed E-state index contributed by atoms with van der Waals surface area (Å²) < 4.78 is 6.50. The van der Waals surface area contributed by atoms with Crippen LogP contribution < -0.4 is 10.6 Å². The van der Waals surface area contributed by atoms with Gasteiger partial charge in [-0.1, -0.05) is 13.8 Å². The quantitative estimate of drug-likeness (QED) is 0.801. The zero-order chi connectivity index (χ0) is 15.6. The predicted molar refractivity (Wildman–Crippen MR) is 80.3 cm³/mol. The summed E-state index contributed by atoms with van der Waals surface area (Å²) in [5, 5.41) is 14.1. The van der Waals surface area contributed by atoms with E-state index in [0.29, 0.717) is 55.6 Å². The largest absolute Gasteiger partial charge is 0.465 e. The number of hydrogen-bond acceptors (Lipinski definition) is 6. The molecule has 0 radical (unpaired) electrons. The van der Waals surface area contributed by atoms with E-state index in [1.807, 2.05) is 4.90 Å². The fourth-order valence-electron chi connectivity index (χ4n) is 2.54. The normalized spacial score (nSPS) is 16.5. The van der Waals surface area contributed by atoms with Gasteiger partial charge in [0.15, 0.2) is 5.82 Å². The molecule has 0 atom stereocenters. The number of hydrogen-bond donors (Lipinski definition) is 2. The lowest BCUT2D eigenvalue weighted by atomic mass is 10.1. The number of nitrogens with two attached hydrogens (primary N) is 1. The first-order valence-corrected chi connectivity index (χ1v) is 7.31. The first kappa shape index (κ1) is 15.6. The molecule has 1 saturated heterocycles. The van der Waals surface area contributed by atoms with E-state index in [0.717, 1.165) is 0 Å². The second kappa shape index (κ2) is 6.34. The smallest absolute Gasteiger partial charge is 0.345 e. The van der Waals surface area contributed by atoms with Crippen LogP contribution in [0.15, 0.2) is 0 Å². The molecule has 118 valence electrons. The number of methoxy groups -OCH3 is 1. The van der Waals surface area contributed by atoms with Crippen LogP contribution in [0.4, 0.5) is 11.6 Å². The molecule has 7 nitrogen and oxygen atoms in total. The molecule has 0 saturated carbocycles. The van der Waals surface area contributed by atoms with Crippen molar-refractivity contribution in [2.75, 3.05) is 30.8 Å². The molecule has 3 N–H and O–H groups in total. The Morgan fingerprint density at radius 2 is 2.10 bits per heavy atom. The van der Waals surface area contributed by atoms with E-state index in [1.165, 1.54) is 7.11 Å². The minimum atomic E-state index is -0.469. The molecule has 0 aliphatic carbocycles. The molecule has 21 heavy (non-hydrogen) atoms. The number of aliphatic hydroxyl groups excluding tert-OH is 1. The van der Waals surface area contributed by atoms with Gasteiger partial charge in [-0.25, -0.2) is 9.48 Å². The number of carbonyl (C=O) groups is 1. The van der Waals surface area contributed by atoms with Crippen molar-refractivity contribution in [1.29, 1.82) is 0 Å². The summed E-state index contributed by atoms with van der Waals surface area (Å²) in [5.74, 6) is 0.806. The lowest BCUT2D eigenvalue weighted by Gasteiger charge is -2.30. The highest BCUT2D eigenvalue weighted by molar-refractivity contribution is 5.99. The average Bonchev–Trinajstić information content (AvgIpc) is 2.75. The summed E-state index contributed by atoms with van der Waals surface area (Å²) in [6.45, 7) is 6.09. The lowest BCUT2D eigenvalue weighted by molar-refractivity contribution is 0.0602. The molecule has 1 aromatic rings. The Balaban J connectivity index is 2.36. The molecule has 0 bridgehead atoms. The van der Waals surface area contributed by atoms with E-state index in [1.54, 1.807) is 4.68 Å². The lowest BCUT2D eigenvalue weighted by Crippen LogP contribution is -2.37. The van der Waals surface area contributed by atoms with Crippen molar-refractivity contribution in [2.24, 2.45) is 5.92 Å². The number of rotatable bonds is 4. The minimum Gasteiger partial charge on any atom is -0.465 e. The maximum Gasteiger partial charge on any atom is 0.345 e. The van der Waals surface area contributed by atoms with Gasteiger partial charge >= 0.3 is 5.97 Å². The van der Waals surface area contributed by atoms with Gasteiger partial charge in [0.25, 0.3) is 0 Å². The van der Waals surface area contributed by atoms with E-state index < -0.39 is 5.97 Å². The molecule has 0 spiro atoms. The van der Waals surface area contributed by atoms with E-state index in [2.05, 4.69) is 18.9 Å². The molecular formula is C14H24N4O3. The topological polar surface area (TPSA) is 93.6 Å². The van der Waals surface area contributed by atoms with Gasteiger partial charge in [0.1, 0.15) is 11.4 Å². The summed E-state index contributed by atoms with van der Waals surface area (Å²) >= 11 is 0. The third kappa shape index (κ3) is 3.29. The summed E-state index contributed by atoms with van der Waals surface area (Å²) in [6.07, 6.45) is 1.05. The predicted octanol–water partition coefficient (Wildman–Crippen LogP) is 0.869. The van der Waals surface area contributed by atoms with Crippen LogP contribution in [-0.2, 0) is 11.3 Å². The standard InChI is InChI=1S/C14H24N4O3/c1-9(2)8-18-12(15)11(14(20)21-3)13(16-18)17-6-4-10(19)5-7-17/h9-10,19H,4-8,15H2,1-3H3. The van der Waals surface area contributed by atoms with Gasteiger partial charge in [-0.15, -0.1) is 0 Å². The SMILES string of the molecule is COC(=O)c1c(N2CCC(O)CC2)nn(CC(C)C)c1N. The number of nitrogen functional groups attached to an aromatic ring is 1. The molecule has 2 rings (SSSR count). The summed E-state index contributed by atoms with van der Waals surface area (Å²) in [7, 11) is 1.34. The molecule has 1 aromatic heterocycles. The first-order chi connectivity index (χ1) is 9.93. The molecule has 7 heteroatoms. The van der Waals surface area contributed by atoms with Gasteiger partial charge < -0.3 is 20.5 Å². The van der Waals surface area contributed by atoms with E-state index >= 15 is 0 Å². The zero-order valence-electron chi connectivity index (χ0n) is 12.9. The van der Waals surface area contributed by atoms with Crippen molar-refractivity contribution in [3.63, 3.8) is 0 Å². The van der Waals surface area contributed by atoms with Gasteiger partial charge in [-0.05, 0) is 18.8 Å². The Morgan fingerprint density at radius 3 is 2.62 bits per heavy atom. The Morgan fingerprint density at radius 1 is 1.48 bits per heavy atom. The fourth-order valence-corrected chi connectivity index (χ4v) is 2.54. The van der Waals surface area contributed by atoms with Crippen molar-refractivity contribution in [1.82, 2.24) is 9.78 Å². The second-order valence-electron chi connectivity index (χ2n) is 5.87. The minimum absolute atomic E-state index is 0.280. The third-order valence-corrected chi connectivity index (χ3v) is 3.66. The van der Waals surface area contributed by atoms with Crippen LogP contribution in [0.2, 0.25) is 0 Å². The van der Waals surface area contributed by atoms with Gasteiger partial charge in [-0.3, -0.25) is 0 Å². The van der Waals surface area contributed by atoms with Crippen molar-refractivity contribution in [3.05, 3.63) is 5.56 Å². The van der Waals surface area contributed by atoms with E-state index in [9.17, 15) is 9.90 Å². The number of nitrogens with zero attached hydrogens (tertiary/aromatic N) is 3. The molecule has 1 aliphatic rings. The third-order valence-electron chi connectivity index (χ3n) is 3.66. The maximum absolute atomic E-state index is 12.0. The highest BCUT2D eigenvalue weighted by Gasteiger charge is 2.29. The maximum atomic E-state index is 12.0. The van der Waals surface area contributed by atoms with Crippen LogP contribution in [0.3, 0.4) is 0 Å². The highest BCUT2D eigenvalue weighted by atomic mass is 16.5. The summed E-state index contributed by atoms with van der Waals surface area (Å²) in [5.41, 5.74) is 6.41. The number of esters is 1. The molecule has 2 heterocycles. The van der Waals surface area contributed by atoms with Gasteiger partial charge in [0, 0.05) is 19.6 Å². The van der Waals surface area contributed by atoms with Crippen LogP contribution in [0.5, 0.6) is 0 Å². The van der Waals surface area contributed by atoms with Crippen LogP contribution in [-0.4, -0.2) is 47.2 Å². The number of aliphatic hydroxyl groups is 1. The Bertz CT molecular complexity index is 505. The van der Waals surface area contributed by atoms with Crippen LogP contribution >= 0.6 is 0 Å². The number of aromatic nitrogens is 2. The van der Waals surface area contributed by atoms with Crippen LogP contribution in [0, 0.1) is 5.92 Å². The average molecular weight is 296 g/mol. The van der Waals surface area contributed by atoms with Gasteiger partial charge in [0.2, 0.25) is 0 Å². The molecular weight excluding hydrogens is 272 g/mol. The Labute approximate surface area is 124 Å². The van der Waals surface area contributed by atoms with Crippen molar-refractivity contribution < 1.29 is 14.6 Å². The van der Waals surface area contributed by atoms with E-state index in [-0.39, 0.29) is 6.10 Å². The molecule has 1 fully saturated rings.